The number of amides is 2. The Morgan fingerprint density at radius 1 is 1.06 bits per heavy atom. The number of benzene rings is 2. The van der Waals surface area contributed by atoms with E-state index >= 15 is 0 Å². The van der Waals surface area contributed by atoms with E-state index in [0.29, 0.717) is 39.2 Å². The molecule has 2 aromatic rings. The average Bonchev–Trinajstić information content (AvgIpc) is 3.31. The van der Waals surface area contributed by atoms with Crippen molar-refractivity contribution in [1.29, 1.82) is 0 Å². The Kier molecular flexibility index (Phi) is 7.47. The number of ether oxygens (including phenoxy) is 2. The van der Waals surface area contributed by atoms with Gasteiger partial charge in [0, 0.05) is 32.6 Å². The number of hydrogen-bond acceptors (Lipinski definition) is 6. The van der Waals surface area contributed by atoms with E-state index in [9.17, 15) is 9.59 Å². The molecule has 34 heavy (non-hydrogen) atoms. The van der Waals surface area contributed by atoms with Crippen LogP contribution in [0.5, 0.6) is 5.75 Å². The van der Waals surface area contributed by atoms with Crippen LogP contribution in [-0.2, 0) is 9.53 Å². The zero-order chi connectivity index (χ0) is 24.1. The quantitative estimate of drug-likeness (QED) is 0.655. The van der Waals surface area contributed by atoms with Crippen LogP contribution in [0.4, 0.5) is 4.79 Å². The van der Waals surface area contributed by atoms with Gasteiger partial charge in [-0.2, -0.15) is 5.10 Å². The van der Waals surface area contributed by atoms with E-state index in [-0.39, 0.29) is 24.6 Å². The van der Waals surface area contributed by atoms with Gasteiger partial charge in [-0.1, -0.05) is 42.0 Å². The lowest BCUT2D eigenvalue weighted by Crippen LogP contribution is -2.51. The molecule has 0 saturated carbocycles. The maximum atomic E-state index is 13.5. The molecule has 1 saturated heterocycles. The fourth-order valence-corrected chi connectivity index (χ4v) is 4.41. The molecule has 0 spiro atoms. The third-order valence-corrected chi connectivity index (χ3v) is 6.25. The topological polar surface area (TPSA) is 74.7 Å². The number of hydrazone groups is 1. The van der Waals surface area contributed by atoms with E-state index in [2.05, 4.69) is 24.0 Å². The number of nitrogens with zero attached hydrogens (tertiary/aromatic N) is 4. The van der Waals surface area contributed by atoms with Gasteiger partial charge in [-0.3, -0.25) is 9.69 Å². The highest BCUT2D eigenvalue weighted by Crippen LogP contribution is 2.34. The molecule has 0 aliphatic carbocycles. The fourth-order valence-electron chi connectivity index (χ4n) is 4.41. The van der Waals surface area contributed by atoms with Crippen molar-refractivity contribution in [1.82, 2.24) is 14.8 Å². The van der Waals surface area contributed by atoms with Crippen LogP contribution >= 0.6 is 0 Å². The summed E-state index contributed by atoms with van der Waals surface area (Å²) in [5, 5.41) is 6.42. The van der Waals surface area contributed by atoms with Gasteiger partial charge in [0.25, 0.3) is 5.91 Å². The highest BCUT2D eigenvalue weighted by Gasteiger charge is 2.34. The van der Waals surface area contributed by atoms with Gasteiger partial charge in [-0.15, -0.1) is 0 Å². The van der Waals surface area contributed by atoms with Crippen LogP contribution in [0.2, 0.25) is 0 Å². The number of rotatable bonds is 6. The SMILES string of the molecule is CCOC(=O)N1CCN(CC(=O)N2N=C(c3cccc(C)c3)C[C@@H]2c2cccc(OC)c2)CC1. The van der Waals surface area contributed by atoms with Crippen LogP contribution in [0.15, 0.2) is 53.6 Å². The molecule has 8 nitrogen and oxygen atoms in total. The van der Waals surface area contributed by atoms with Crippen LogP contribution < -0.4 is 4.74 Å². The number of aryl methyl sites for hydroxylation is 1. The largest absolute Gasteiger partial charge is 0.497 e. The molecule has 0 bridgehead atoms. The van der Waals surface area contributed by atoms with Gasteiger partial charge in [0.2, 0.25) is 0 Å². The van der Waals surface area contributed by atoms with Crippen molar-refractivity contribution < 1.29 is 19.1 Å². The zero-order valence-electron chi connectivity index (χ0n) is 20.1. The van der Waals surface area contributed by atoms with Gasteiger partial charge < -0.3 is 14.4 Å². The lowest BCUT2D eigenvalue weighted by atomic mass is 9.97. The first kappa shape index (κ1) is 23.8. The lowest BCUT2D eigenvalue weighted by molar-refractivity contribution is -0.134. The normalized spacial score (nSPS) is 18.6. The predicted molar refractivity (Wildman–Crippen MR) is 130 cm³/mol. The second kappa shape index (κ2) is 10.7. The van der Waals surface area contributed by atoms with E-state index in [0.717, 1.165) is 28.2 Å². The van der Waals surface area contributed by atoms with E-state index in [1.807, 2.05) is 36.4 Å². The molecule has 0 unspecified atom stereocenters. The molecule has 2 heterocycles. The Hall–Kier alpha value is -3.39. The Morgan fingerprint density at radius 3 is 2.53 bits per heavy atom. The molecule has 8 heteroatoms. The standard InChI is InChI=1S/C26H32N4O4/c1-4-34-26(32)29-13-11-28(12-14-29)18-25(31)30-24(21-9-6-10-22(16-21)33-3)17-23(27-30)20-8-5-7-19(2)15-20/h5-10,15-16,24H,4,11-14,17-18H2,1-3H3/t24-/m1/s1. The summed E-state index contributed by atoms with van der Waals surface area (Å²) in [7, 11) is 1.64. The predicted octanol–water partition coefficient (Wildman–Crippen LogP) is 3.46. The second-order valence-corrected chi connectivity index (χ2v) is 8.61. The summed E-state index contributed by atoms with van der Waals surface area (Å²) in [6.07, 6.45) is 0.345. The zero-order valence-corrected chi connectivity index (χ0v) is 20.1. The monoisotopic (exact) mass is 464 g/mol. The molecule has 2 aliphatic rings. The van der Waals surface area contributed by atoms with Crippen LogP contribution in [0.25, 0.3) is 0 Å². The summed E-state index contributed by atoms with van der Waals surface area (Å²) in [5.74, 6) is 0.698. The minimum atomic E-state index is -0.293. The highest BCUT2D eigenvalue weighted by molar-refractivity contribution is 6.03. The summed E-state index contributed by atoms with van der Waals surface area (Å²) in [5.41, 5.74) is 4.08. The van der Waals surface area contributed by atoms with E-state index in [4.69, 9.17) is 14.6 Å². The molecule has 1 fully saturated rings. The third-order valence-electron chi connectivity index (χ3n) is 6.25. The number of carbonyl (C=O) groups is 2. The second-order valence-electron chi connectivity index (χ2n) is 8.61. The van der Waals surface area contributed by atoms with E-state index < -0.39 is 0 Å². The molecule has 4 rings (SSSR count). The van der Waals surface area contributed by atoms with Crippen molar-refractivity contribution in [2.75, 3.05) is 46.4 Å². The Balaban J connectivity index is 1.51. The van der Waals surface area contributed by atoms with Crippen molar-refractivity contribution in [3.63, 3.8) is 0 Å². The smallest absolute Gasteiger partial charge is 0.409 e. The number of piperazine rings is 1. The van der Waals surface area contributed by atoms with Crippen LogP contribution in [0, 0.1) is 6.92 Å². The average molecular weight is 465 g/mol. The van der Waals surface area contributed by atoms with E-state index in [1.54, 1.807) is 23.9 Å². The van der Waals surface area contributed by atoms with Crippen molar-refractivity contribution in [3.05, 3.63) is 65.2 Å². The third kappa shape index (κ3) is 5.39. The molecule has 1 atom stereocenters. The van der Waals surface area contributed by atoms with Gasteiger partial charge >= 0.3 is 6.09 Å². The Morgan fingerprint density at radius 2 is 1.82 bits per heavy atom. The van der Waals surface area contributed by atoms with Crippen LogP contribution in [0.1, 0.15) is 36.1 Å². The number of methoxy groups -OCH3 is 1. The molecule has 180 valence electrons. The first-order chi connectivity index (χ1) is 16.5. The Labute approximate surface area is 200 Å². The van der Waals surface area contributed by atoms with Crippen molar-refractivity contribution >= 4 is 17.7 Å². The maximum absolute atomic E-state index is 13.5. The summed E-state index contributed by atoms with van der Waals surface area (Å²) in [6, 6.07) is 15.8. The number of carbonyl (C=O) groups excluding carboxylic acids is 2. The van der Waals surface area contributed by atoms with Crippen molar-refractivity contribution in [3.8, 4) is 5.75 Å². The van der Waals surface area contributed by atoms with Gasteiger partial charge in [-0.05, 0) is 37.1 Å². The summed E-state index contributed by atoms with van der Waals surface area (Å²) in [4.78, 5) is 29.2. The van der Waals surface area contributed by atoms with Gasteiger partial charge in [0.05, 0.1) is 32.0 Å². The van der Waals surface area contributed by atoms with Crippen molar-refractivity contribution in [2.24, 2.45) is 5.10 Å². The molecule has 2 aromatic carbocycles. The molecule has 0 N–H and O–H groups in total. The first-order valence-corrected chi connectivity index (χ1v) is 11.7. The molecule has 2 aliphatic heterocycles. The number of hydrogen-bond donors (Lipinski definition) is 0. The maximum Gasteiger partial charge on any atom is 0.409 e. The minimum Gasteiger partial charge on any atom is -0.497 e. The van der Waals surface area contributed by atoms with Crippen molar-refractivity contribution in [2.45, 2.75) is 26.3 Å². The molecule has 0 aromatic heterocycles. The molecular formula is C26H32N4O4. The van der Waals surface area contributed by atoms with Gasteiger partial charge in [-0.25, -0.2) is 9.80 Å². The molecular weight excluding hydrogens is 432 g/mol. The van der Waals surface area contributed by atoms with Crippen LogP contribution in [-0.4, -0.2) is 79.0 Å². The highest BCUT2D eigenvalue weighted by atomic mass is 16.6. The van der Waals surface area contributed by atoms with Crippen LogP contribution in [0.3, 0.4) is 0 Å². The van der Waals surface area contributed by atoms with Gasteiger partial charge in [0.15, 0.2) is 0 Å². The summed E-state index contributed by atoms with van der Waals surface area (Å²) < 4.78 is 10.5. The lowest BCUT2D eigenvalue weighted by Gasteiger charge is -2.34. The summed E-state index contributed by atoms with van der Waals surface area (Å²) >= 11 is 0. The summed E-state index contributed by atoms with van der Waals surface area (Å²) in [6.45, 7) is 6.80. The first-order valence-electron chi connectivity index (χ1n) is 11.7. The fraction of sp³-hybridized carbons (Fsp3) is 0.423. The van der Waals surface area contributed by atoms with E-state index in [1.165, 1.54) is 0 Å². The molecule has 2 amide bonds. The molecule has 0 radical (unpaired) electrons. The minimum absolute atomic E-state index is 0.0555. The van der Waals surface area contributed by atoms with Gasteiger partial charge in [0.1, 0.15) is 5.75 Å². The Bertz CT molecular complexity index is 1060.